The van der Waals surface area contributed by atoms with Crippen LogP contribution in [0.25, 0.3) is 0 Å². The Morgan fingerprint density at radius 2 is 2.16 bits per heavy atom. The second-order valence-electron chi connectivity index (χ2n) is 6.48. The molecule has 134 valence electrons. The number of carbonyl (C=O) groups excluding carboxylic acids is 1. The predicted octanol–water partition coefficient (Wildman–Crippen LogP) is 1.81. The molecule has 1 atom stereocenters. The van der Waals surface area contributed by atoms with Crippen molar-refractivity contribution in [1.29, 1.82) is 5.26 Å². The Balaban J connectivity index is 1.48. The van der Waals surface area contributed by atoms with Gasteiger partial charge in [-0.3, -0.25) is 4.79 Å². The maximum Gasteiger partial charge on any atom is 0.407 e. The second kappa shape index (κ2) is 7.74. The van der Waals surface area contributed by atoms with Crippen molar-refractivity contribution >= 4 is 23.4 Å². The predicted molar refractivity (Wildman–Crippen MR) is 91.5 cm³/mol. The smallest absolute Gasteiger partial charge is 0.407 e. The molecule has 0 radical (unpaired) electrons. The zero-order valence-corrected chi connectivity index (χ0v) is 14.5. The number of aromatic nitrogens is 2. The van der Waals surface area contributed by atoms with Crippen LogP contribution < -0.4 is 15.8 Å². The Bertz CT molecular complexity index is 723. The van der Waals surface area contributed by atoms with E-state index in [1.54, 1.807) is 0 Å². The van der Waals surface area contributed by atoms with Crippen LogP contribution in [-0.4, -0.2) is 41.5 Å². The minimum atomic E-state index is -0.436. The summed E-state index contributed by atoms with van der Waals surface area (Å²) < 4.78 is 5.48. The zero-order valence-electron chi connectivity index (χ0n) is 13.7. The molecule has 2 heterocycles. The van der Waals surface area contributed by atoms with Crippen LogP contribution in [0.1, 0.15) is 32.1 Å². The highest BCUT2D eigenvalue weighted by atomic mass is 35.5. The highest BCUT2D eigenvalue weighted by Crippen LogP contribution is 2.26. The largest absolute Gasteiger partial charge is 0.444 e. The van der Waals surface area contributed by atoms with Crippen LogP contribution in [-0.2, 0) is 4.74 Å². The van der Waals surface area contributed by atoms with Gasteiger partial charge in [0.05, 0.1) is 24.5 Å². The van der Waals surface area contributed by atoms with Crippen molar-refractivity contribution in [3.8, 4) is 6.07 Å². The third-order valence-corrected chi connectivity index (χ3v) is 5.13. The fourth-order valence-electron chi connectivity index (χ4n) is 3.36. The summed E-state index contributed by atoms with van der Waals surface area (Å²) in [6.45, 7) is 1.11. The number of amides is 1. The minimum absolute atomic E-state index is 0.0703. The van der Waals surface area contributed by atoms with Crippen molar-refractivity contribution in [2.45, 2.75) is 44.2 Å². The number of halogens is 1. The van der Waals surface area contributed by atoms with Gasteiger partial charge in [-0.2, -0.15) is 10.4 Å². The van der Waals surface area contributed by atoms with Gasteiger partial charge < -0.3 is 15.0 Å². The molecule has 25 heavy (non-hydrogen) atoms. The van der Waals surface area contributed by atoms with Crippen LogP contribution in [0.2, 0.25) is 5.02 Å². The number of ether oxygens (including phenoxy) is 1. The van der Waals surface area contributed by atoms with Crippen molar-refractivity contribution in [3.05, 3.63) is 21.6 Å². The molecule has 1 amide bonds. The lowest BCUT2D eigenvalue weighted by atomic mass is 9.87. The molecule has 3 rings (SSSR count). The maximum atomic E-state index is 12.1. The Labute approximate surface area is 150 Å². The summed E-state index contributed by atoms with van der Waals surface area (Å²) in [7, 11) is 0. The Morgan fingerprint density at radius 3 is 2.88 bits per heavy atom. The molecule has 0 bridgehead atoms. The van der Waals surface area contributed by atoms with Gasteiger partial charge in [0.25, 0.3) is 5.56 Å². The lowest BCUT2D eigenvalue weighted by Crippen LogP contribution is -2.39. The maximum absolute atomic E-state index is 12.1. The number of aromatic amines is 1. The van der Waals surface area contributed by atoms with Crippen LogP contribution in [0.3, 0.4) is 0 Å². The lowest BCUT2D eigenvalue weighted by Gasteiger charge is -2.26. The van der Waals surface area contributed by atoms with Crippen LogP contribution in [0.5, 0.6) is 0 Å². The van der Waals surface area contributed by atoms with Gasteiger partial charge in [-0.25, -0.2) is 9.89 Å². The van der Waals surface area contributed by atoms with E-state index in [9.17, 15) is 9.59 Å². The van der Waals surface area contributed by atoms with Crippen LogP contribution in [0.4, 0.5) is 10.5 Å². The van der Waals surface area contributed by atoms with Crippen molar-refractivity contribution in [2.75, 3.05) is 18.0 Å². The second-order valence-corrected chi connectivity index (χ2v) is 6.86. The minimum Gasteiger partial charge on any atom is -0.444 e. The van der Waals surface area contributed by atoms with E-state index in [1.165, 1.54) is 6.20 Å². The molecule has 1 saturated heterocycles. The van der Waals surface area contributed by atoms with E-state index in [1.807, 2.05) is 4.90 Å². The number of nitriles is 1. The highest BCUT2D eigenvalue weighted by Gasteiger charge is 2.29. The topological polar surface area (TPSA) is 111 Å². The SMILES string of the molecule is N#CC1CCC(NC(=O)O[C@@H]2CCN(c3cn[nH]c(=O)c3Cl)C2)CC1. The van der Waals surface area contributed by atoms with Gasteiger partial charge in [-0.05, 0) is 25.7 Å². The fraction of sp³-hybridized carbons (Fsp3) is 0.625. The van der Waals surface area contributed by atoms with E-state index < -0.39 is 11.7 Å². The number of hydrogen-bond donors (Lipinski definition) is 2. The summed E-state index contributed by atoms with van der Waals surface area (Å²) in [5, 5.41) is 17.9. The molecule has 1 aromatic heterocycles. The number of nitrogens with zero attached hydrogens (tertiary/aromatic N) is 3. The standard InChI is InChI=1S/C16H20ClN5O3/c17-14-13(8-19-21-15(14)23)22-6-5-12(9-22)25-16(24)20-11-3-1-10(7-18)2-4-11/h8,10-12H,1-6,9H2,(H,20,24)(H,21,23)/t10?,11?,12-/m1/s1. The lowest BCUT2D eigenvalue weighted by molar-refractivity contribution is 0.102. The Hall–Kier alpha value is -2.27. The number of alkyl carbamates (subject to hydrolysis) is 1. The number of nitrogens with one attached hydrogen (secondary N) is 2. The molecular formula is C16H20ClN5O3. The summed E-state index contributed by atoms with van der Waals surface area (Å²) in [5.74, 6) is 0.102. The van der Waals surface area contributed by atoms with E-state index in [4.69, 9.17) is 21.6 Å². The Morgan fingerprint density at radius 1 is 1.40 bits per heavy atom. The van der Waals surface area contributed by atoms with Gasteiger partial charge in [-0.1, -0.05) is 11.6 Å². The zero-order chi connectivity index (χ0) is 17.8. The van der Waals surface area contributed by atoms with E-state index in [0.717, 1.165) is 25.7 Å². The van der Waals surface area contributed by atoms with E-state index >= 15 is 0 Å². The first-order chi connectivity index (χ1) is 12.1. The third kappa shape index (κ3) is 4.23. The molecule has 2 fully saturated rings. The molecule has 1 aliphatic carbocycles. The van der Waals surface area contributed by atoms with Crippen molar-refractivity contribution in [3.63, 3.8) is 0 Å². The molecule has 0 aromatic carbocycles. The molecule has 1 aliphatic heterocycles. The first-order valence-electron chi connectivity index (χ1n) is 8.41. The number of hydrogen-bond acceptors (Lipinski definition) is 6. The molecule has 1 saturated carbocycles. The molecule has 0 unspecified atom stereocenters. The molecule has 9 heteroatoms. The fourth-order valence-corrected chi connectivity index (χ4v) is 3.57. The average molecular weight is 366 g/mol. The first-order valence-corrected chi connectivity index (χ1v) is 8.79. The monoisotopic (exact) mass is 365 g/mol. The van der Waals surface area contributed by atoms with Gasteiger partial charge in [0.1, 0.15) is 11.1 Å². The van der Waals surface area contributed by atoms with Crippen molar-refractivity contribution < 1.29 is 9.53 Å². The molecule has 2 aliphatic rings. The first kappa shape index (κ1) is 17.5. The average Bonchev–Trinajstić information content (AvgIpc) is 3.06. The van der Waals surface area contributed by atoms with Gasteiger partial charge in [-0.15, -0.1) is 0 Å². The normalized spacial score (nSPS) is 26.1. The molecule has 2 N–H and O–H groups in total. The van der Waals surface area contributed by atoms with Gasteiger partial charge >= 0.3 is 6.09 Å². The highest BCUT2D eigenvalue weighted by molar-refractivity contribution is 6.33. The van der Waals surface area contributed by atoms with Gasteiger partial charge in [0.15, 0.2) is 0 Å². The van der Waals surface area contributed by atoms with Crippen LogP contribution in [0, 0.1) is 17.2 Å². The molecule has 0 spiro atoms. The van der Waals surface area contributed by atoms with Crippen LogP contribution >= 0.6 is 11.6 Å². The van der Waals surface area contributed by atoms with E-state index in [0.29, 0.717) is 25.2 Å². The number of carbonyl (C=O) groups is 1. The summed E-state index contributed by atoms with van der Waals surface area (Å²) in [6.07, 6.45) is 4.71. The van der Waals surface area contributed by atoms with Crippen molar-refractivity contribution in [1.82, 2.24) is 15.5 Å². The summed E-state index contributed by atoms with van der Waals surface area (Å²) in [4.78, 5) is 25.5. The summed E-state index contributed by atoms with van der Waals surface area (Å²) >= 11 is 6.01. The quantitative estimate of drug-likeness (QED) is 0.845. The Kier molecular flexibility index (Phi) is 5.43. The molecule has 8 nitrogen and oxygen atoms in total. The summed E-state index contributed by atoms with van der Waals surface area (Å²) in [6, 6.07) is 2.35. The number of anilines is 1. The molecule has 1 aromatic rings. The van der Waals surface area contributed by atoms with Gasteiger partial charge in [0.2, 0.25) is 0 Å². The van der Waals surface area contributed by atoms with E-state index in [2.05, 4.69) is 21.6 Å². The van der Waals surface area contributed by atoms with Gasteiger partial charge in [0, 0.05) is 24.9 Å². The molecular weight excluding hydrogens is 346 g/mol. The van der Waals surface area contributed by atoms with Crippen molar-refractivity contribution in [2.24, 2.45) is 5.92 Å². The number of rotatable bonds is 3. The van der Waals surface area contributed by atoms with Crippen LogP contribution in [0.15, 0.2) is 11.0 Å². The van der Waals surface area contributed by atoms with E-state index in [-0.39, 0.29) is 23.1 Å². The number of H-pyrrole nitrogens is 1. The third-order valence-electron chi connectivity index (χ3n) is 4.77. The summed E-state index contributed by atoms with van der Waals surface area (Å²) in [5.41, 5.74) is 0.112.